The van der Waals surface area contributed by atoms with Crippen LogP contribution in [-0.2, 0) is 9.59 Å². The average molecular weight is 440 g/mol. The van der Waals surface area contributed by atoms with Crippen molar-refractivity contribution in [3.8, 4) is 11.5 Å². The second-order valence-electron chi connectivity index (χ2n) is 7.56. The molecule has 2 N–H and O–H groups in total. The van der Waals surface area contributed by atoms with Gasteiger partial charge >= 0.3 is 0 Å². The van der Waals surface area contributed by atoms with E-state index in [1.165, 1.54) is 6.92 Å². The topological polar surface area (TPSA) is 97.0 Å². The molecule has 0 aliphatic carbocycles. The Labute approximate surface area is 187 Å². The molecule has 0 aromatic heterocycles. The maximum Gasteiger partial charge on any atom is 0.258 e. The van der Waals surface area contributed by atoms with Gasteiger partial charge < -0.3 is 25.0 Å². The third-order valence-electron chi connectivity index (χ3n) is 5.08. The van der Waals surface area contributed by atoms with Gasteiger partial charge in [-0.1, -0.05) is 18.2 Å². The lowest BCUT2D eigenvalue weighted by Crippen LogP contribution is -2.47. The number of anilines is 1. The molecular formula is C24H29N3O5. The van der Waals surface area contributed by atoms with Crippen LogP contribution in [0.5, 0.6) is 11.5 Å². The Bertz CT molecular complexity index is 954. The van der Waals surface area contributed by atoms with Crippen molar-refractivity contribution in [1.82, 2.24) is 10.2 Å². The minimum Gasteiger partial charge on any atom is -0.490 e. The first-order chi connectivity index (χ1) is 15.5. The smallest absolute Gasteiger partial charge is 0.258 e. The molecule has 1 heterocycles. The number of nitrogens with zero attached hydrogens (tertiary/aromatic N) is 1. The van der Waals surface area contributed by atoms with Gasteiger partial charge in [0.05, 0.1) is 6.61 Å². The van der Waals surface area contributed by atoms with Gasteiger partial charge in [0.2, 0.25) is 5.91 Å². The SMILES string of the molecule is CCOc1ccccc1OCC(=O)NC1CCN(C(=O)c2cccc(NC(C)=O)c2)CC1. The summed E-state index contributed by atoms with van der Waals surface area (Å²) in [5, 5.41) is 5.67. The molecular weight excluding hydrogens is 410 g/mol. The summed E-state index contributed by atoms with van der Waals surface area (Å²) >= 11 is 0. The summed E-state index contributed by atoms with van der Waals surface area (Å²) in [6.07, 6.45) is 1.33. The molecule has 8 heteroatoms. The van der Waals surface area contributed by atoms with Gasteiger partial charge in [-0.25, -0.2) is 0 Å². The molecule has 2 aromatic carbocycles. The van der Waals surface area contributed by atoms with Gasteiger partial charge in [-0.05, 0) is 50.1 Å². The molecule has 0 atom stereocenters. The molecule has 1 fully saturated rings. The van der Waals surface area contributed by atoms with Gasteiger partial charge in [0.25, 0.3) is 11.8 Å². The van der Waals surface area contributed by atoms with Crippen LogP contribution in [0, 0.1) is 0 Å². The van der Waals surface area contributed by atoms with E-state index in [2.05, 4.69) is 10.6 Å². The molecule has 1 saturated heterocycles. The molecule has 2 aromatic rings. The summed E-state index contributed by atoms with van der Waals surface area (Å²) in [5.74, 6) is 0.669. The Morgan fingerprint density at radius 3 is 2.34 bits per heavy atom. The molecule has 3 amide bonds. The van der Waals surface area contributed by atoms with Crippen molar-refractivity contribution in [3.63, 3.8) is 0 Å². The monoisotopic (exact) mass is 439 g/mol. The number of hydrogen-bond donors (Lipinski definition) is 2. The third kappa shape index (κ3) is 6.47. The first kappa shape index (κ1) is 23.1. The molecule has 32 heavy (non-hydrogen) atoms. The lowest BCUT2D eigenvalue weighted by molar-refractivity contribution is -0.124. The van der Waals surface area contributed by atoms with Crippen molar-refractivity contribution in [2.24, 2.45) is 0 Å². The second kappa shape index (κ2) is 11.2. The molecule has 170 valence electrons. The summed E-state index contributed by atoms with van der Waals surface area (Å²) < 4.78 is 11.1. The van der Waals surface area contributed by atoms with Crippen molar-refractivity contribution < 1.29 is 23.9 Å². The molecule has 3 rings (SSSR count). The van der Waals surface area contributed by atoms with Crippen LogP contribution in [0.15, 0.2) is 48.5 Å². The molecule has 1 aliphatic rings. The van der Waals surface area contributed by atoms with Crippen molar-refractivity contribution in [3.05, 3.63) is 54.1 Å². The van der Waals surface area contributed by atoms with Crippen LogP contribution in [0.25, 0.3) is 0 Å². The normalized spacial score (nSPS) is 13.9. The molecule has 0 radical (unpaired) electrons. The number of benzene rings is 2. The standard InChI is InChI=1S/C24H29N3O5/c1-3-31-21-9-4-5-10-22(21)32-16-23(29)26-19-11-13-27(14-12-19)24(30)18-7-6-8-20(15-18)25-17(2)28/h4-10,15,19H,3,11-14,16H2,1-2H3,(H,25,28)(H,26,29). The summed E-state index contributed by atoms with van der Waals surface area (Å²) in [5.41, 5.74) is 1.12. The highest BCUT2D eigenvalue weighted by Gasteiger charge is 2.25. The van der Waals surface area contributed by atoms with Crippen LogP contribution in [0.2, 0.25) is 0 Å². The first-order valence-corrected chi connectivity index (χ1v) is 10.8. The summed E-state index contributed by atoms with van der Waals surface area (Å²) in [4.78, 5) is 38.1. The number of ether oxygens (including phenoxy) is 2. The Morgan fingerprint density at radius 1 is 1.00 bits per heavy atom. The fourth-order valence-electron chi connectivity index (χ4n) is 3.60. The third-order valence-corrected chi connectivity index (χ3v) is 5.08. The Kier molecular flexibility index (Phi) is 8.08. The number of carbonyl (C=O) groups excluding carboxylic acids is 3. The van der Waals surface area contributed by atoms with E-state index < -0.39 is 0 Å². The van der Waals surface area contributed by atoms with Gasteiger partial charge in [0.15, 0.2) is 18.1 Å². The average Bonchev–Trinajstić information content (AvgIpc) is 2.78. The Balaban J connectivity index is 1.46. The quantitative estimate of drug-likeness (QED) is 0.659. The van der Waals surface area contributed by atoms with Gasteiger partial charge in [0, 0.05) is 37.3 Å². The van der Waals surface area contributed by atoms with Gasteiger partial charge in [0.1, 0.15) is 0 Å². The fraction of sp³-hybridized carbons (Fsp3) is 0.375. The molecule has 0 unspecified atom stereocenters. The highest BCUT2D eigenvalue weighted by Crippen LogP contribution is 2.26. The van der Waals surface area contributed by atoms with Gasteiger partial charge in [-0.3, -0.25) is 14.4 Å². The van der Waals surface area contributed by atoms with Gasteiger partial charge in [-0.2, -0.15) is 0 Å². The summed E-state index contributed by atoms with van der Waals surface area (Å²) in [7, 11) is 0. The van der Waals surface area contributed by atoms with E-state index in [0.717, 1.165) is 0 Å². The second-order valence-corrected chi connectivity index (χ2v) is 7.56. The number of carbonyl (C=O) groups is 3. The van der Waals surface area contributed by atoms with Crippen LogP contribution in [0.4, 0.5) is 5.69 Å². The maximum absolute atomic E-state index is 12.8. The first-order valence-electron chi connectivity index (χ1n) is 10.8. The van der Waals surface area contributed by atoms with Crippen LogP contribution in [0.1, 0.15) is 37.0 Å². The fourth-order valence-corrected chi connectivity index (χ4v) is 3.60. The number of rotatable bonds is 8. The predicted octanol–water partition coefficient (Wildman–Crippen LogP) is 2.84. The van der Waals surface area contributed by atoms with E-state index in [0.29, 0.717) is 55.3 Å². The maximum atomic E-state index is 12.8. The lowest BCUT2D eigenvalue weighted by atomic mass is 10.0. The van der Waals surface area contributed by atoms with E-state index >= 15 is 0 Å². The Hall–Kier alpha value is -3.55. The van der Waals surface area contributed by atoms with Crippen molar-refractivity contribution in [2.75, 3.05) is 31.6 Å². The zero-order chi connectivity index (χ0) is 22.9. The van der Waals surface area contributed by atoms with Gasteiger partial charge in [-0.15, -0.1) is 0 Å². The number of likely N-dealkylation sites (tertiary alicyclic amines) is 1. The predicted molar refractivity (Wildman–Crippen MR) is 121 cm³/mol. The van der Waals surface area contributed by atoms with Crippen LogP contribution in [0.3, 0.4) is 0 Å². The molecule has 0 saturated carbocycles. The zero-order valence-corrected chi connectivity index (χ0v) is 18.4. The van der Waals surface area contributed by atoms with E-state index in [-0.39, 0.29) is 30.4 Å². The molecule has 8 nitrogen and oxygen atoms in total. The van der Waals surface area contributed by atoms with E-state index in [9.17, 15) is 14.4 Å². The number of para-hydroxylation sites is 2. The Morgan fingerprint density at radius 2 is 1.69 bits per heavy atom. The highest BCUT2D eigenvalue weighted by molar-refractivity contribution is 5.96. The minimum absolute atomic E-state index is 0.0111. The lowest BCUT2D eigenvalue weighted by Gasteiger charge is -2.32. The number of amides is 3. The van der Waals surface area contributed by atoms with Crippen LogP contribution < -0.4 is 20.1 Å². The van der Waals surface area contributed by atoms with Crippen LogP contribution >= 0.6 is 0 Å². The summed E-state index contributed by atoms with van der Waals surface area (Å²) in [6.45, 7) is 4.82. The van der Waals surface area contributed by atoms with Crippen LogP contribution in [-0.4, -0.2) is 55.0 Å². The largest absolute Gasteiger partial charge is 0.490 e. The van der Waals surface area contributed by atoms with E-state index in [4.69, 9.17) is 9.47 Å². The van der Waals surface area contributed by atoms with Crippen molar-refractivity contribution >= 4 is 23.4 Å². The number of piperidine rings is 1. The van der Waals surface area contributed by atoms with Crippen molar-refractivity contribution in [1.29, 1.82) is 0 Å². The molecule has 0 spiro atoms. The molecule has 0 bridgehead atoms. The number of hydrogen-bond acceptors (Lipinski definition) is 5. The van der Waals surface area contributed by atoms with Crippen molar-refractivity contribution in [2.45, 2.75) is 32.7 Å². The van der Waals surface area contributed by atoms with E-state index in [1.54, 1.807) is 41.3 Å². The number of nitrogens with one attached hydrogen (secondary N) is 2. The highest BCUT2D eigenvalue weighted by atomic mass is 16.5. The molecule has 1 aliphatic heterocycles. The summed E-state index contributed by atoms with van der Waals surface area (Å²) in [6, 6.07) is 14.1. The van der Waals surface area contributed by atoms with E-state index in [1.807, 2.05) is 19.1 Å². The minimum atomic E-state index is -0.205. The zero-order valence-electron chi connectivity index (χ0n) is 18.4.